The first-order valence-corrected chi connectivity index (χ1v) is 6.71. The minimum absolute atomic E-state index is 0.0275. The van der Waals surface area contributed by atoms with Gasteiger partial charge in [-0.3, -0.25) is 4.79 Å². The number of benzene rings is 1. The van der Waals surface area contributed by atoms with Crippen LogP contribution >= 0.6 is 15.9 Å². The number of halogens is 1. The average Bonchev–Trinajstić information content (AvgIpc) is 2.75. The number of carbonyl (C=O) groups is 1. The number of hydrogen-bond acceptors (Lipinski definition) is 2. The Labute approximate surface area is 110 Å². The van der Waals surface area contributed by atoms with Crippen LogP contribution in [0.5, 0.6) is 5.75 Å². The second-order valence-electron chi connectivity index (χ2n) is 4.26. The van der Waals surface area contributed by atoms with E-state index in [0.29, 0.717) is 16.1 Å². The highest BCUT2D eigenvalue weighted by Gasteiger charge is 2.26. The number of hydrogen-bond donors (Lipinski definition) is 1. The Hall–Kier alpha value is -1.03. The first-order valence-electron chi connectivity index (χ1n) is 5.79. The standard InChI is InChI=1S/C13H16BrNO2/c1-17-10-5-2-4-9(8-10)13(16)15-12-7-3-6-11(12)14/h2,4-5,8,11-12H,3,6-7H2,1H3,(H,15,16). The number of nitrogens with one attached hydrogen (secondary N) is 1. The van der Waals surface area contributed by atoms with Gasteiger partial charge in [0.15, 0.2) is 0 Å². The second-order valence-corrected chi connectivity index (χ2v) is 5.43. The van der Waals surface area contributed by atoms with Gasteiger partial charge in [0.25, 0.3) is 5.91 Å². The van der Waals surface area contributed by atoms with Crippen molar-refractivity contribution in [1.29, 1.82) is 0 Å². The maximum Gasteiger partial charge on any atom is 0.251 e. The first kappa shape index (κ1) is 12.4. The fourth-order valence-electron chi connectivity index (χ4n) is 2.09. The summed E-state index contributed by atoms with van der Waals surface area (Å²) in [6.07, 6.45) is 3.34. The van der Waals surface area contributed by atoms with Crippen LogP contribution in [-0.2, 0) is 0 Å². The Morgan fingerprint density at radius 2 is 2.29 bits per heavy atom. The monoisotopic (exact) mass is 297 g/mol. The molecule has 3 nitrogen and oxygen atoms in total. The van der Waals surface area contributed by atoms with Crippen LogP contribution in [0.3, 0.4) is 0 Å². The van der Waals surface area contributed by atoms with Crippen LogP contribution in [0.25, 0.3) is 0 Å². The van der Waals surface area contributed by atoms with Crippen molar-refractivity contribution in [2.45, 2.75) is 30.1 Å². The number of methoxy groups -OCH3 is 1. The third-order valence-corrected chi connectivity index (χ3v) is 4.18. The van der Waals surface area contributed by atoms with Gasteiger partial charge in [-0.15, -0.1) is 0 Å². The molecule has 4 heteroatoms. The lowest BCUT2D eigenvalue weighted by atomic mass is 10.1. The minimum atomic E-state index is -0.0275. The molecule has 0 saturated heterocycles. The SMILES string of the molecule is COc1cccc(C(=O)NC2CCCC2Br)c1. The molecule has 1 amide bonds. The second kappa shape index (κ2) is 5.54. The zero-order valence-corrected chi connectivity index (χ0v) is 11.4. The van der Waals surface area contributed by atoms with Crippen LogP contribution in [0.4, 0.5) is 0 Å². The summed E-state index contributed by atoms with van der Waals surface area (Å²) in [5, 5.41) is 3.05. The minimum Gasteiger partial charge on any atom is -0.497 e. The Kier molecular flexibility index (Phi) is 4.05. The quantitative estimate of drug-likeness (QED) is 0.871. The zero-order valence-electron chi connectivity index (χ0n) is 9.78. The molecule has 0 spiro atoms. The predicted molar refractivity (Wildman–Crippen MR) is 70.8 cm³/mol. The molecule has 92 valence electrons. The molecule has 1 aromatic rings. The van der Waals surface area contributed by atoms with Crippen LogP contribution in [0.2, 0.25) is 0 Å². The zero-order chi connectivity index (χ0) is 12.3. The lowest BCUT2D eigenvalue weighted by Crippen LogP contribution is -2.37. The fourth-order valence-corrected chi connectivity index (χ4v) is 2.81. The van der Waals surface area contributed by atoms with Gasteiger partial charge in [-0.2, -0.15) is 0 Å². The number of carbonyl (C=O) groups excluding carboxylic acids is 1. The van der Waals surface area contributed by atoms with E-state index in [1.54, 1.807) is 19.2 Å². The Bertz CT molecular complexity index is 408. The molecule has 0 heterocycles. The van der Waals surface area contributed by atoms with Gasteiger partial charge in [0, 0.05) is 16.4 Å². The van der Waals surface area contributed by atoms with Crippen molar-refractivity contribution in [2.75, 3.05) is 7.11 Å². The number of amides is 1. The molecule has 0 aliphatic heterocycles. The summed E-state index contributed by atoms with van der Waals surface area (Å²) in [4.78, 5) is 12.4. The molecule has 17 heavy (non-hydrogen) atoms. The molecule has 1 saturated carbocycles. The summed E-state index contributed by atoms with van der Waals surface area (Å²) in [6.45, 7) is 0. The predicted octanol–water partition coefficient (Wildman–Crippen LogP) is 2.74. The van der Waals surface area contributed by atoms with Crippen molar-refractivity contribution in [3.63, 3.8) is 0 Å². The van der Waals surface area contributed by atoms with Crippen LogP contribution < -0.4 is 10.1 Å². The van der Waals surface area contributed by atoms with E-state index in [4.69, 9.17) is 4.74 Å². The third kappa shape index (κ3) is 3.00. The van der Waals surface area contributed by atoms with Crippen LogP contribution in [0.15, 0.2) is 24.3 Å². The van der Waals surface area contributed by atoms with E-state index in [-0.39, 0.29) is 11.9 Å². The molecule has 1 fully saturated rings. The highest BCUT2D eigenvalue weighted by atomic mass is 79.9. The maximum atomic E-state index is 12.0. The van der Waals surface area contributed by atoms with E-state index < -0.39 is 0 Å². The normalized spacial score (nSPS) is 23.4. The highest BCUT2D eigenvalue weighted by Crippen LogP contribution is 2.26. The molecule has 1 aliphatic rings. The summed E-state index contributed by atoms with van der Waals surface area (Å²) in [7, 11) is 1.60. The fraction of sp³-hybridized carbons (Fsp3) is 0.462. The molecule has 1 N–H and O–H groups in total. The van der Waals surface area contributed by atoms with E-state index in [9.17, 15) is 4.79 Å². The molecule has 2 atom stereocenters. The van der Waals surface area contributed by atoms with Gasteiger partial charge >= 0.3 is 0 Å². The molecule has 2 unspecified atom stereocenters. The molecule has 0 radical (unpaired) electrons. The van der Waals surface area contributed by atoms with Gasteiger partial charge in [0.2, 0.25) is 0 Å². The van der Waals surface area contributed by atoms with Gasteiger partial charge < -0.3 is 10.1 Å². The first-order chi connectivity index (χ1) is 8.20. The van der Waals surface area contributed by atoms with Gasteiger partial charge in [0.05, 0.1) is 7.11 Å². The van der Waals surface area contributed by atoms with Crippen molar-refractivity contribution in [3.05, 3.63) is 29.8 Å². The van der Waals surface area contributed by atoms with Gasteiger partial charge in [-0.05, 0) is 31.0 Å². The summed E-state index contributed by atoms with van der Waals surface area (Å²) in [6, 6.07) is 7.46. The van der Waals surface area contributed by atoms with Crippen molar-refractivity contribution in [1.82, 2.24) is 5.32 Å². The van der Waals surface area contributed by atoms with Crippen LogP contribution in [0, 0.1) is 0 Å². The van der Waals surface area contributed by atoms with Crippen molar-refractivity contribution >= 4 is 21.8 Å². The van der Waals surface area contributed by atoms with E-state index >= 15 is 0 Å². The molecule has 0 aromatic heterocycles. The van der Waals surface area contributed by atoms with Gasteiger partial charge in [0.1, 0.15) is 5.75 Å². The lowest BCUT2D eigenvalue weighted by molar-refractivity contribution is 0.0938. The number of ether oxygens (including phenoxy) is 1. The van der Waals surface area contributed by atoms with E-state index in [2.05, 4.69) is 21.2 Å². The smallest absolute Gasteiger partial charge is 0.251 e. The van der Waals surface area contributed by atoms with E-state index in [1.165, 1.54) is 6.42 Å². The molecule has 2 rings (SSSR count). The average molecular weight is 298 g/mol. The molecular weight excluding hydrogens is 282 g/mol. The summed E-state index contributed by atoms with van der Waals surface area (Å²) in [5.41, 5.74) is 0.649. The van der Waals surface area contributed by atoms with Gasteiger partial charge in [-0.25, -0.2) is 0 Å². The summed E-state index contributed by atoms with van der Waals surface area (Å²) < 4.78 is 5.11. The third-order valence-electron chi connectivity index (χ3n) is 3.08. The summed E-state index contributed by atoms with van der Waals surface area (Å²) in [5.74, 6) is 0.680. The summed E-state index contributed by atoms with van der Waals surface area (Å²) >= 11 is 3.59. The molecule has 1 aromatic carbocycles. The van der Waals surface area contributed by atoms with Crippen LogP contribution in [-0.4, -0.2) is 23.9 Å². The Balaban J connectivity index is 2.03. The molecule has 0 bridgehead atoms. The van der Waals surface area contributed by atoms with Crippen molar-refractivity contribution in [3.8, 4) is 5.75 Å². The van der Waals surface area contributed by atoms with Crippen LogP contribution in [0.1, 0.15) is 29.6 Å². The highest BCUT2D eigenvalue weighted by molar-refractivity contribution is 9.09. The lowest BCUT2D eigenvalue weighted by Gasteiger charge is -2.16. The van der Waals surface area contributed by atoms with Crippen molar-refractivity contribution < 1.29 is 9.53 Å². The number of alkyl halides is 1. The molecular formula is C13H16BrNO2. The Morgan fingerprint density at radius 3 is 2.94 bits per heavy atom. The Morgan fingerprint density at radius 1 is 1.47 bits per heavy atom. The molecule has 1 aliphatic carbocycles. The number of rotatable bonds is 3. The van der Waals surface area contributed by atoms with E-state index in [0.717, 1.165) is 12.8 Å². The van der Waals surface area contributed by atoms with Gasteiger partial charge in [-0.1, -0.05) is 28.4 Å². The topological polar surface area (TPSA) is 38.3 Å². The van der Waals surface area contributed by atoms with E-state index in [1.807, 2.05) is 12.1 Å². The maximum absolute atomic E-state index is 12.0. The largest absolute Gasteiger partial charge is 0.497 e. The van der Waals surface area contributed by atoms with Crippen molar-refractivity contribution in [2.24, 2.45) is 0 Å².